The molecule has 0 radical (unpaired) electrons. The van der Waals surface area contributed by atoms with E-state index in [4.69, 9.17) is 10.5 Å². The van der Waals surface area contributed by atoms with Gasteiger partial charge in [0.2, 0.25) is 5.91 Å². The molecule has 106 valence electrons. The fourth-order valence-electron chi connectivity index (χ4n) is 1.74. The summed E-state index contributed by atoms with van der Waals surface area (Å²) in [6.45, 7) is 4.20. The molecule has 1 rings (SSSR count). The van der Waals surface area contributed by atoms with Crippen LogP contribution >= 0.6 is 0 Å². The third kappa shape index (κ3) is 4.52. The number of amides is 1. The van der Waals surface area contributed by atoms with E-state index in [1.807, 2.05) is 13.8 Å². The molecule has 0 aliphatic carbocycles. The van der Waals surface area contributed by atoms with E-state index >= 15 is 0 Å². The van der Waals surface area contributed by atoms with Crippen LogP contribution in [0.3, 0.4) is 0 Å². The number of hydrogen-bond acceptors (Lipinski definition) is 3. The van der Waals surface area contributed by atoms with Crippen LogP contribution < -0.4 is 15.8 Å². The molecule has 0 aliphatic heterocycles. The maximum absolute atomic E-state index is 13.6. The van der Waals surface area contributed by atoms with Crippen molar-refractivity contribution in [3.05, 3.63) is 29.6 Å². The van der Waals surface area contributed by atoms with Crippen molar-refractivity contribution in [1.29, 1.82) is 0 Å². The number of nitrogens with two attached hydrogens (primary N) is 1. The van der Waals surface area contributed by atoms with Gasteiger partial charge in [-0.2, -0.15) is 0 Å². The molecular formula is C14H21FN2O2. The fraction of sp³-hybridized carbons (Fsp3) is 0.500. The highest BCUT2D eigenvalue weighted by Crippen LogP contribution is 2.21. The molecule has 2 unspecified atom stereocenters. The first-order valence-corrected chi connectivity index (χ1v) is 6.30. The predicted molar refractivity (Wildman–Crippen MR) is 72.3 cm³/mol. The molecule has 5 heteroatoms. The first-order valence-electron chi connectivity index (χ1n) is 6.30. The van der Waals surface area contributed by atoms with Crippen LogP contribution in [0.25, 0.3) is 0 Å². The fourth-order valence-corrected chi connectivity index (χ4v) is 1.74. The summed E-state index contributed by atoms with van der Waals surface area (Å²) in [5, 5.41) is 2.82. The van der Waals surface area contributed by atoms with Gasteiger partial charge >= 0.3 is 0 Å². The van der Waals surface area contributed by atoms with E-state index in [0.717, 1.165) is 0 Å². The van der Waals surface area contributed by atoms with Gasteiger partial charge in [0.25, 0.3) is 0 Å². The second kappa shape index (κ2) is 7.09. The molecule has 0 fully saturated rings. The molecule has 3 N–H and O–H groups in total. The molecule has 0 bridgehead atoms. The Bertz CT molecular complexity index is 437. The predicted octanol–water partition coefficient (Wildman–Crippen LogP) is 2.00. The summed E-state index contributed by atoms with van der Waals surface area (Å²) >= 11 is 0. The van der Waals surface area contributed by atoms with E-state index < -0.39 is 5.82 Å². The number of halogens is 1. The topological polar surface area (TPSA) is 64.3 Å². The lowest BCUT2D eigenvalue weighted by molar-refractivity contribution is -0.122. The summed E-state index contributed by atoms with van der Waals surface area (Å²) in [6.07, 6.45) is 0.374. The Balaban J connectivity index is 2.65. The average molecular weight is 268 g/mol. The van der Waals surface area contributed by atoms with Crippen molar-refractivity contribution in [1.82, 2.24) is 5.32 Å². The van der Waals surface area contributed by atoms with E-state index in [1.165, 1.54) is 13.2 Å². The minimum Gasteiger partial charge on any atom is -0.494 e. The number of hydrogen-bond donors (Lipinski definition) is 2. The SMILES string of the molecule is COc1ccc(C(C)NC(=O)CC(C)CN)cc1F. The Hall–Kier alpha value is -1.62. The van der Waals surface area contributed by atoms with Crippen molar-refractivity contribution in [3.8, 4) is 5.75 Å². The lowest BCUT2D eigenvalue weighted by atomic mass is 10.1. The summed E-state index contributed by atoms with van der Waals surface area (Å²) in [7, 11) is 1.41. The number of carbonyl (C=O) groups is 1. The Morgan fingerprint density at radius 1 is 1.47 bits per heavy atom. The number of methoxy groups -OCH3 is 1. The van der Waals surface area contributed by atoms with Crippen LogP contribution in [-0.4, -0.2) is 19.6 Å². The second-order valence-electron chi connectivity index (χ2n) is 4.73. The molecular weight excluding hydrogens is 247 g/mol. The number of carbonyl (C=O) groups excluding carboxylic acids is 1. The van der Waals surface area contributed by atoms with Crippen LogP contribution in [0.15, 0.2) is 18.2 Å². The first-order chi connectivity index (χ1) is 8.97. The second-order valence-corrected chi connectivity index (χ2v) is 4.73. The molecule has 19 heavy (non-hydrogen) atoms. The number of nitrogens with one attached hydrogen (secondary N) is 1. The highest BCUT2D eigenvalue weighted by Gasteiger charge is 2.13. The number of benzene rings is 1. The molecule has 0 aromatic heterocycles. The van der Waals surface area contributed by atoms with Crippen molar-refractivity contribution < 1.29 is 13.9 Å². The normalized spacial score (nSPS) is 13.7. The molecule has 2 atom stereocenters. The average Bonchev–Trinajstić information content (AvgIpc) is 2.38. The first kappa shape index (κ1) is 15.4. The Kier molecular flexibility index (Phi) is 5.76. The Labute approximate surface area is 113 Å². The Morgan fingerprint density at radius 3 is 2.68 bits per heavy atom. The van der Waals surface area contributed by atoms with Gasteiger partial charge < -0.3 is 15.8 Å². The van der Waals surface area contributed by atoms with Crippen LogP contribution in [0.2, 0.25) is 0 Å². The van der Waals surface area contributed by atoms with Gasteiger partial charge in [0.1, 0.15) is 0 Å². The molecule has 0 spiro atoms. The highest BCUT2D eigenvalue weighted by molar-refractivity contribution is 5.76. The van der Waals surface area contributed by atoms with E-state index in [2.05, 4.69) is 5.32 Å². The van der Waals surface area contributed by atoms with Gasteiger partial charge in [0.05, 0.1) is 13.2 Å². The van der Waals surface area contributed by atoms with Gasteiger partial charge in [-0.1, -0.05) is 13.0 Å². The molecule has 4 nitrogen and oxygen atoms in total. The Morgan fingerprint density at radius 2 is 2.16 bits per heavy atom. The maximum atomic E-state index is 13.6. The highest BCUT2D eigenvalue weighted by atomic mass is 19.1. The monoisotopic (exact) mass is 268 g/mol. The van der Waals surface area contributed by atoms with E-state index in [9.17, 15) is 9.18 Å². The van der Waals surface area contributed by atoms with Crippen molar-refractivity contribution in [2.45, 2.75) is 26.3 Å². The number of rotatable bonds is 6. The van der Waals surface area contributed by atoms with Gasteiger partial charge in [-0.15, -0.1) is 0 Å². The quantitative estimate of drug-likeness (QED) is 0.829. The van der Waals surface area contributed by atoms with Crippen molar-refractivity contribution >= 4 is 5.91 Å². The largest absolute Gasteiger partial charge is 0.494 e. The lowest BCUT2D eigenvalue weighted by Crippen LogP contribution is -2.29. The summed E-state index contributed by atoms with van der Waals surface area (Å²) in [6, 6.07) is 4.41. The van der Waals surface area contributed by atoms with Gasteiger partial charge in [0, 0.05) is 6.42 Å². The molecule has 0 heterocycles. The van der Waals surface area contributed by atoms with Gasteiger partial charge in [-0.05, 0) is 37.1 Å². The number of ether oxygens (including phenoxy) is 1. The van der Waals surface area contributed by atoms with Crippen LogP contribution in [0, 0.1) is 11.7 Å². The zero-order valence-electron chi connectivity index (χ0n) is 11.6. The van der Waals surface area contributed by atoms with Gasteiger partial charge in [-0.25, -0.2) is 4.39 Å². The molecule has 0 aliphatic rings. The third-order valence-corrected chi connectivity index (χ3v) is 2.99. The van der Waals surface area contributed by atoms with Gasteiger partial charge in [-0.3, -0.25) is 4.79 Å². The minimum atomic E-state index is -0.434. The van der Waals surface area contributed by atoms with Crippen molar-refractivity contribution in [2.24, 2.45) is 11.7 Å². The summed E-state index contributed by atoms with van der Waals surface area (Å²) in [4.78, 5) is 11.7. The zero-order valence-corrected chi connectivity index (χ0v) is 11.6. The summed E-state index contributed by atoms with van der Waals surface area (Å²) in [5.74, 6) is -0.183. The van der Waals surface area contributed by atoms with Crippen molar-refractivity contribution in [3.63, 3.8) is 0 Å². The van der Waals surface area contributed by atoms with Crippen LogP contribution in [0.4, 0.5) is 4.39 Å². The smallest absolute Gasteiger partial charge is 0.220 e. The van der Waals surface area contributed by atoms with Gasteiger partial charge in [0.15, 0.2) is 11.6 Å². The molecule has 0 saturated heterocycles. The standard InChI is InChI=1S/C14H21FN2O2/c1-9(8-16)6-14(18)17-10(2)11-4-5-13(19-3)12(15)7-11/h4-5,7,9-10H,6,8,16H2,1-3H3,(H,17,18). The summed E-state index contributed by atoms with van der Waals surface area (Å²) in [5.41, 5.74) is 6.17. The molecule has 0 saturated carbocycles. The van der Waals surface area contributed by atoms with E-state index in [1.54, 1.807) is 12.1 Å². The lowest BCUT2D eigenvalue weighted by Gasteiger charge is -2.16. The van der Waals surface area contributed by atoms with E-state index in [-0.39, 0.29) is 23.6 Å². The summed E-state index contributed by atoms with van der Waals surface area (Å²) < 4.78 is 18.4. The zero-order chi connectivity index (χ0) is 14.4. The van der Waals surface area contributed by atoms with Crippen molar-refractivity contribution in [2.75, 3.05) is 13.7 Å². The minimum absolute atomic E-state index is 0.0818. The molecule has 1 amide bonds. The van der Waals surface area contributed by atoms with Crippen LogP contribution in [0.1, 0.15) is 31.9 Å². The van der Waals surface area contributed by atoms with Crippen LogP contribution in [-0.2, 0) is 4.79 Å². The molecule has 1 aromatic carbocycles. The maximum Gasteiger partial charge on any atom is 0.220 e. The molecule has 1 aromatic rings. The van der Waals surface area contributed by atoms with Crippen LogP contribution in [0.5, 0.6) is 5.75 Å². The van der Waals surface area contributed by atoms with E-state index in [0.29, 0.717) is 18.5 Å². The third-order valence-electron chi connectivity index (χ3n) is 2.99.